The molecule has 0 spiro atoms. The number of aliphatic hydroxyl groups is 10. The average molecular weight is 1080 g/mol. The number of H-pyrrole nitrogens is 1. The third-order valence-corrected chi connectivity index (χ3v) is 13.8. The summed E-state index contributed by atoms with van der Waals surface area (Å²) in [5, 5.41) is 113. The molecule has 20 atom stereocenters. The van der Waals surface area contributed by atoms with E-state index in [4.69, 9.17) is 29.4 Å². The first kappa shape index (κ1) is 63.8. The number of rotatable bonds is 7. The van der Waals surface area contributed by atoms with Crippen molar-refractivity contribution in [2.75, 3.05) is 7.11 Å². The molecule has 0 aliphatic carbocycles. The maximum absolute atomic E-state index is 14.3. The van der Waals surface area contributed by atoms with E-state index in [1.54, 1.807) is 86.8 Å². The number of carbonyl (C=O) groups is 3. The number of allylic oxidation sites excluding steroid dienone is 12. The molecular formula is C54H82N4O18. The summed E-state index contributed by atoms with van der Waals surface area (Å²) >= 11 is 0. The van der Waals surface area contributed by atoms with Crippen molar-refractivity contribution >= 4 is 17.8 Å². The minimum absolute atomic E-state index is 0.0855. The fourth-order valence-corrected chi connectivity index (χ4v) is 9.21. The Hall–Kier alpha value is -4.76. The molecule has 0 radical (unpaired) electrons. The lowest BCUT2D eigenvalue weighted by molar-refractivity contribution is -0.307. The van der Waals surface area contributed by atoms with Crippen LogP contribution in [-0.4, -0.2) is 190 Å². The Labute approximate surface area is 444 Å². The number of amides is 1. The van der Waals surface area contributed by atoms with Crippen molar-refractivity contribution in [3.05, 3.63) is 103 Å². The lowest BCUT2D eigenvalue weighted by Gasteiger charge is -2.46. The minimum Gasteiger partial charge on any atom is -0.467 e. The van der Waals surface area contributed by atoms with Gasteiger partial charge in [-0.2, -0.15) is 0 Å². The van der Waals surface area contributed by atoms with Gasteiger partial charge in [0.05, 0.1) is 99.0 Å². The van der Waals surface area contributed by atoms with Gasteiger partial charge in [0, 0.05) is 55.8 Å². The number of cyclic esters (lactones) is 1. The topological polar surface area (TPSA) is 366 Å². The molecule has 0 saturated carbocycles. The summed E-state index contributed by atoms with van der Waals surface area (Å²) < 4.78 is 28.8. The van der Waals surface area contributed by atoms with E-state index in [0.29, 0.717) is 5.69 Å². The van der Waals surface area contributed by atoms with Crippen LogP contribution in [0.5, 0.6) is 0 Å². The number of hydrogen-bond acceptors (Lipinski definition) is 20. The summed E-state index contributed by atoms with van der Waals surface area (Å²) in [6.45, 7) is 6.74. The van der Waals surface area contributed by atoms with Gasteiger partial charge in [-0.3, -0.25) is 9.59 Å². The molecule has 3 aliphatic heterocycles. The average Bonchev–Trinajstić information content (AvgIpc) is 3.88. The van der Waals surface area contributed by atoms with Crippen LogP contribution in [0.15, 0.2) is 97.6 Å². The molecule has 0 unspecified atom stereocenters. The zero-order valence-electron chi connectivity index (χ0n) is 43.8. The SMILES string of the molecule is COC(=O)[C@H](Cc1cnc[nH]1)NC(=O)[C@H]1[C@@H]2C[C@@H](O[C@@H]3O[C@H](C)[C@@H](O)[C@H](N)[C@@H]3O)C=CC=CC=CC=CC=CC=CC=C[C@H](C)[C@@H](O)[C@@H](C)[C@H](C)OC(=O)C[C@H](O)C[C@H](O)CC[C@@H](O)[C@H](O)C[C@H](O)C[C@](O)(C[C@@H]1O)O2. The van der Waals surface area contributed by atoms with Gasteiger partial charge in [-0.05, 0) is 33.1 Å². The zero-order valence-corrected chi connectivity index (χ0v) is 43.8. The number of aromatic amines is 1. The number of hydrogen-bond donors (Lipinski definition) is 13. The maximum Gasteiger partial charge on any atom is 0.328 e. The van der Waals surface area contributed by atoms with Crippen LogP contribution in [0, 0.1) is 17.8 Å². The van der Waals surface area contributed by atoms with Gasteiger partial charge in [-0.25, -0.2) is 9.78 Å². The van der Waals surface area contributed by atoms with Gasteiger partial charge in [0.15, 0.2) is 12.1 Å². The molecule has 4 heterocycles. The number of esters is 2. The van der Waals surface area contributed by atoms with Crippen LogP contribution in [-0.2, 0) is 44.5 Å². The molecule has 1 aromatic rings. The summed E-state index contributed by atoms with van der Waals surface area (Å²) in [6.07, 6.45) is 5.54. The van der Waals surface area contributed by atoms with Gasteiger partial charge >= 0.3 is 11.9 Å². The van der Waals surface area contributed by atoms with Crippen molar-refractivity contribution in [3.63, 3.8) is 0 Å². The second kappa shape index (κ2) is 31.6. The van der Waals surface area contributed by atoms with Crippen LogP contribution in [0.3, 0.4) is 0 Å². The highest BCUT2D eigenvalue weighted by molar-refractivity contribution is 5.86. The van der Waals surface area contributed by atoms with Gasteiger partial charge in [0.25, 0.3) is 0 Å². The predicted octanol–water partition coefficient (Wildman–Crippen LogP) is 0.251. The molecule has 76 heavy (non-hydrogen) atoms. The van der Waals surface area contributed by atoms with Crippen LogP contribution in [0.2, 0.25) is 0 Å². The van der Waals surface area contributed by atoms with Crippen molar-refractivity contribution in [1.29, 1.82) is 0 Å². The smallest absolute Gasteiger partial charge is 0.328 e. The van der Waals surface area contributed by atoms with Crippen molar-refractivity contribution in [2.24, 2.45) is 23.5 Å². The van der Waals surface area contributed by atoms with E-state index in [2.05, 4.69) is 15.3 Å². The molecule has 0 aromatic carbocycles. The Kier molecular flexibility index (Phi) is 26.5. The Bertz CT molecular complexity index is 2130. The molecule has 2 saturated heterocycles. The van der Waals surface area contributed by atoms with E-state index in [-0.39, 0.29) is 38.0 Å². The molecule has 1 aromatic heterocycles. The highest BCUT2D eigenvalue weighted by Gasteiger charge is 2.51. The van der Waals surface area contributed by atoms with E-state index < -0.39 is 159 Å². The van der Waals surface area contributed by atoms with E-state index in [1.165, 1.54) is 25.5 Å². The molecule has 14 N–H and O–H groups in total. The first-order chi connectivity index (χ1) is 36.0. The van der Waals surface area contributed by atoms with E-state index in [9.17, 15) is 65.4 Å². The molecule has 2 fully saturated rings. The molecule has 426 valence electrons. The van der Waals surface area contributed by atoms with Crippen molar-refractivity contribution in [2.45, 2.75) is 189 Å². The van der Waals surface area contributed by atoms with Crippen LogP contribution in [0.4, 0.5) is 0 Å². The highest BCUT2D eigenvalue weighted by atomic mass is 16.7. The molecule has 1 amide bonds. The molecule has 22 nitrogen and oxygen atoms in total. The highest BCUT2D eigenvalue weighted by Crippen LogP contribution is 2.38. The summed E-state index contributed by atoms with van der Waals surface area (Å²) in [5.74, 6) is -7.14. The fraction of sp³-hybridized carbons (Fsp3) is 0.630. The third kappa shape index (κ3) is 20.6. The van der Waals surface area contributed by atoms with Crippen LogP contribution < -0.4 is 11.1 Å². The maximum atomic E-state index is 14.3. The lowest BCUT2D eigenvalue weighted by atomic mass is 9.82. The van der Waals surface area contributed by atoms with Crippen LogP contribution in [0.25, 0.3) is 0 Å². The predicted molar refractivity (Wildman–Crippen MR) is 276 cm³/mol. The number of fused-ring (bicyclic) bond motifs is 2. The normalized spacial score (nSPS) is 38.0. The van der Waals surface area contributed by atoms with Crippen molar-refractivity contribution < 1.29 is 89.1 Å². The largest absolute Gasteiger partial charge is 0.467 e. The Morgan fingerprint density at radius 1 is 0.763 bits per heavy atom. The standard InChI is InChI=1S/C54H82N4O18/c1-31-18-16-14-12-10-8-6-7-9-11-13-15-17-19-39(75-53-50(68)47(55)49(67)34(4)74-53)26-44-46(51(69)58-40(52(70)72-5)22-35-29-56-30-57-35)43(64)28-54(71,76-44)27-38(61)24-42(63)41(62)21-20-36(59)23-37(60)25-45(65)73-33(3)32(2)48(31)66/h6-19,29-34,36-44,46-50,53,59-64,66-68,71H,20-28,55H2,1-5H3,(H,56,57)(H,58,69)/t31-,32-,33-,34+,36+,37+,38-,39-,40-,41+,42+,43-,44-,46+,47-,48+,49+,50-,53-,54+/m0/s1. The second-order valence-electron chi connectivity index (χ2n) is 20.1. The van der Waals surface area contributed by atoms with E-state index >= 15 is 0 Å². The monoisotopic (exact) mass is 1070 g/mol. The van der Waals surface area contributed by atoms with E-state index in [0.717, 1.165) is 7.11 Å². The summed E-state index contributed by atoms with van der Waals surface area (Å²) in [4.78, 5) is 46.8. The number of nitrogens with two attached hydrogens (primary N) is 1. The van der Waals surface area contributed by atoms with Crippen LogP contribution in [0.1, 0.15) is 84.8 Å². The number of carbonyl (C=O) groups excluding carboxylic acids is 3. The first-order valence-corrected chi connectivity index (χ1v) is 25.8. The summed E-state index contributed by atoms with van der Waals surface area (Å²) in [6, 6.07) is -2.47. The number of nitrogens with one attached hydrogen (secondary N) is 2. The molecular weight excluding hydrogens is 993 g/mol. The number of aromatic nitrogens is 2. The minimum atomic E-state index is -2.39. The molecule has 4 rings (SSSR count). The number of aliphatic hydroxyl groups excluding tert-OH is 9. The number of nitrogens with zero attached hydrogens (tertiary/aromatic N) is 1. The van der Waals surface area contributed by atoms with Gasteiger partial charge in [-0.15, -0.1) is 0 Å². The Balaban J connectivity index is 1.65. The molecule has 22 heteroatoms. The number of methoxy groups -OCH3 is 1. The third-order valence-electron chi connectivity index (χ3n) is 13.8. The van der Waals surface area contributed by atoms with Crippen molar-refractivity contribution in [1.82, 2.24) is 15.3 Å². The Morgan fingerprint density at radius 2 is 1.38 bits per heavy atom. The second-order valence-corrected chi connectivity index (χ2v) is 20.1. The Morgan fingerprint density at radius 3 is 1.99 bits per heavy atom. The molecule has 2 bridgehead atoms. The molecule has 3 aliphatic rings. The quantitative estimate of drug-likeness (QED) is 0.163. The van der Waals surface area contributed by atoms with Gasteiger partial charge in [0.2, 0.25) is 5.91 Å². The van der Waals surface area contributed by atoms with Crippen molar-refractivity contribution in [3.8, 4) is 0 Å². The number of ether oxygens (including phenoxy) is 5. The van der Waals surface area contributed by atoms with Gasteiger partial charge < -0.3 is 90.8 Å². The summed E-state index contributed by atoms with van der Waals surface area (Å²) in [7, 11) is 1.13. The first-order valence-electron chi connectivity index (χ1n) is 25.8. The van der Waals surface area contributed by atoms with Gasteiger partial charge in [0.1, 0.15) is 18.2 Å². The lowest BCUT2D eigenvalue weighted by Crippen LogP contribution is -2.62. The summed E-state index contributed by atoms with van der Waals surface area (Å²) in [5.41, 5.74) is 6.60. The van der Waals surface area contributed by atoms with Gasteiger partial charge in [-0.1, -0.05) is 98.9 Å². The van der Waals surface area contributed by atoms with Crippen LogP contribution >= 0.6 is 0 Å². The van der Waals surface area contributed by atoms with E-state index in [1.807, 2.05) is 13.0 Å². The zero-order chi connectivity index (χ0) is 56.1. The number of imidazole rings is 1. The fourth-order valence-electron chi connectivity index (χ4n) is 9.21.